The fourth-order valence-corrected chi connectivity index (χ4v) is 4.41. The van der Waals surface area contributed by atoms with Gasteiger partial charge in [-0.2, -0.15) is 0 Å². The molecule has 0 saturated heterocycles. The summed E-state index contributed by atoms with van der Waals surface area (Å²) in [7, 11) is 0. The Kier molecular flexibility index (Phi) is 5.17. The van der Waals surface area contributed by atoms with Crippen LogP contribution in [0.25, 0.3) is 0 Å². The molecule has 0 aliphatic carbocycles. The van der Waals surface area contributed by atoms with Crippen molar-refractivity contribution in [3.8, 4) is 0 Å². The summed E-state index contributed by atoms with van der Waals surface area (Å²) in [6.45, 7) is 0. The number of fused-ring (bicyclic) bond motifs is 1. The van der Waals surface area contributed by atoms with Gasteiger partial charge in [0.15, 0.2) is 10.4 Å². The molecule has 4 rings (SSSR count). The largest absolute Gasteiger partial charge is 0.448 e. The van der Waals surface area contributed by atoms with Crippen LogP contribution in [0.15, 0.2) is 58.9 Å². The fourth-order valence-electron chi connectivity index (χ4n) is 2.70. The van der Waals surface area contributed by atoms with Crippen LogP contribution in [0.3, 0.4) is 0 Å². The molecule has 1 aliphatic heterocycles. The number of benzene rings is 2. The number of hydrogen-bond donors (Lipinski definition) is 1. The van der Waals surface area contributed by atoms with Gasteiger partial charge >= 0.3 is 5.97 Å². The molecule has 3 aromatic rings. The van der Waals surface area contributed by atoms with Crippen molar-refractivity contribution in [3.63, 3.8) is 0 Å². The van der Waals surface area contributed by atoms with Crippen LogP contribution < -0.4 is 5.32 Å². The van der Waals surface area contributed by atoms with Gasteiger partial charge in [-0.1, -0.05) is 71.6 Å². The molecule has 0 bridgehead atoms. The van der Waals surface area contributed by atoms with Gasteiger partial charge in [0, 0.05) is 12.2 Å². The minimum atomic E-state index is -0.864. The summed E-state index contributed by atoms with van der Waals surface area (Å²) in [5.41, 5.74) is 2.51. The number of carbonyl (C=O) groups is 2. The van der Waals surface area contributed by atoms with Crippen LogP contribution in [0.5, 0.6) is 0 Å². The number of amides is 1. The van der Waals surface area contributed by atoms with Gasteiger partial charge in [-0.3, -0.25) is 10.1 Å². The molecule has 1 atom stereocenters. The second-order valence-corrected chi connectivity index (χ2v) is 8.09. The number of carbonyl (C=O) groups excluding carboxylic acids is 2. The van der Waals surface area contributed by atoms with E-state index in [1.54, 1.807) is 23.9 Å². The normalized spacial score (nSPS) is 15.7. The Hall–Kier alpha value is -2.71. The molecule has 1 aliphatic rings. The summed E-state index contributed by atoms with van der Waals surface area (Å²) in [5.74, 6) is -0.0949. The molecule has 1 aromatic heterocycles. The minimum absolute atomic E-state index is 0.349. The van der Waals surface area contributed by atoms with Gasteiger partial charge in [0.25, 0.3) is 5.91 Å². The van der Waals surface area contributed by atoms with Crippen molar-refractivity contribution in [2.75, 3.05) is 5.32 Å². The molecule has 0 saturated carbocycles. The quantitative estimate of drug-likeness (QED) is 0.403. The molecular formula is C19H15N3O3S2. The Balaban J connectivity index is 1.36. The standard InChI is InChI=1S/C19H15N3O3S2/c23-16(15-10-13-8-4-5-9-14(13)17(24)25-15)20-18-21-22-19(27-18)26-11-12-6-2-1-3-7-12/h1-9,15H,10-11H2,(H,20,21,23)/t15-/m0/s1. The molecule has 0 unspecified atom stereocenters. The van der Waals surface area contributed by atoms with E-state index in [1.165, 1.54) is 16.9 Å². The summed E-state index contributed by atoms with van der Waals surface area (Å²) < 4.78 is 6.02. The lowest BCUT2D eigenvalue weighted by molar-refractivity contribution is -0.125. The van der Waals surface area contributed by atoms with Crippen LogP contribution in [-0.4, -0.2) is 28.2 Å². The van der Waals surface area contributed by atoms with Crippen molar-refractivity contribution in [1.29, 1.82) is 0 Å². The first-order valence-corrected chi connectivity index (χ1v) is 10.1. The Labute approximate surface area is 164 Å². The fraction of sp³-hybridized carbons (Fsp3) is 0.158. The number of aromatic nitrogens is 2. The van der Waals surface area contributed by atoms with E-state index in [1.807, 2.05) is 42.5 Å². The second kappa shape index (κ2) is 7.89. The van der Waals surface area contributed by atoms with E-state index in [0.29, 0.717) is 17.1 Å². The average Bonchev–Trinajstić information content (AvgIpc) is 3.14. The number of cyclic esters (lactones) is 1. The third-order valence-electron chi connectivity index (χ3n) is 4.03. The van der Waals surface area contributed by atoms with Gasteiger partial charge in [-0.15, -0.1) is 10.2 Å². The van der Waals surface area contributed by atoms with Crippen molar-refractivity contribution >= 4 is 40.1 Å². The Bertz CT molecular complexity index is 975. The number of hydrogen-bond acceptors (Lipinski definition) is 7. The second-order valence-electron chi connectivity index (χ2n) is 5.89. The van der Waals surface area contributed by atoms with Gasteiger partial charge in [0.2, 0.25) is 5.13 Å². The first-order valence-electron chi connectivity index (χ1n) is 8.29. The Morgan fingerprint density at radius 2 is 1.93 bits per heavy atom. The molecule has 2 heterocycles. The number of anilines is 1. The predicted octanol–water partition coefficient (Wildman–Crippen LogP) is 3.55. The zero-order chi connectivity index (χ0) is 18.6. The third kappa shape index (κ3) is 4.17. The van der Waals surface area contributed by atoms with Crippen LogP contribution in [0, 0.1) is 0 Å². The lowest BCUT2D eigenvalue weighted by Gasteiger charge is -2.23. The van der Waals surface area contributed by atoms with E-state index in [2.05, 4.69) is 15.5 Å². The van der Waals surface area contributed by atoms with Gasteiger partial charge in [0.05, 0.1) is 5.56 Å². The molecule has 27 heavy (non-hydrogen) atoms. The minimum Gasteiger partial charge on any atom is -0.448 e. The molecule has 6 nitrogen and oxygen atoms in total. The molecule has 2 aromatic carbocycles. The van der Waals surface area contributed by atoms with Gasteiger partial charge in [-0.05, 0) is 17.2 Å². The maximum Gasteiger partial charge on any atom is 0.339 e. The average molecular weight is 397 g/mol. The number of thioether (sulfide) groups is 1. The molecular weight excluding hydrogens is 382 g/mol. The third-order valence-corrected chi connectivity index (χ3v) is 6.07. The van der Waals surface area contributed by atoms with E-state index >= 15 is 0 Å². The number of rotatable bonds is 5. The molecule has 136 valence electrons. The SMILES string of the molecule is O=C1O[C@H](C(=O)Nc2nnc(SCc3ccccc3)s2)Cc2ccccc21. The summed E-state index contributed by atoms with van der Waals surface area (Å²) in [5, 5.41) is 11.2. The first-order chi connectivity index (χ1) is 13.2. The van der Waals surface area contributed by atoms with Crippen molar-refractivity contribution in [1.82, 2.24) is 10.2 Å². The van der Waals surface area contributed by atoms with Crippen LogP contribution >= 0.6 is 23.1 Å². The predicted molar refractivity (Wildman–Crippen MR) is 104 cm³/mol. The van der Waals surface area contributed by atoms with Gasteiger partial charge < -0.3 is 4.74 Å². The van der Waals surface area contributed by atoms with Crippen molar-refractivity contribution in [2.24, 2.45) is 0 Å². The summed E-state index contributed by atoms with van der Waals surface area (Å²) >= 11 is 2.86. The first kappa shape index (κ1) is 17.7. The van der Waals surface area contributed by atoms with Crippen molar-refractivity contribution < 1.29 is 14.3 Å². The van der Waals surface area contributed by atoms with E-state index in [4.69, 9.17) is 4.74 Å². The molecule has 1 amide bonds. The highest BCUT2D eigenvalue weighted by molar-refractivity contribution is 8.00. The Morgan fingerprint density at radius 3 is 2.78 bits per heavy atom. The number of ether oxygens (including phenoxy) is 1. The monoisotopic (exact) mass is 397 g/mol. The van der Waals surface area contributed by atoms with Crippen molar-refractivity contribution in [2.45, 2.75) is 22.6 Å². The Morgan fingerprint density at radius 1 is 1.15 bits per heavy atom. The van der Waals surface area contributed by atoms with Gasteiger partial charge in [-0.25, -0.2) is 4.79 Å². The van der Waals surface area contributed by atoms with E-state index in [0.717, 1.165) is 15.7 Å². The van der Waals surface area contributed by atoms with E-state index in [9.17, 15) is 9.59 Å². The van der Waals surface area contributed by atoms with Crippen LogP contribution in [0.2, 0.25) is 0 Å². The molecule has 1 N–H and O–H groups in total. The maximum absolute atomic E-state index is 12.5. The van der Waals surface area contributed by atoms with Crippen molar-refractivity contribution in [3.05, 3.63) is 71.3 Å². The smallest absolute Gasteiger partial charge is 0.339 e. The summed E-state index contributed by atoms with van der Waals surface area (Å²) in [4.78, 5) is 24.5. The topological polar surface area (TPSA) is 81.2 Å². The highest BCUT2D eigenvalue weighted by Crippen LogP contribution is 2.29. The summed E-state index contributed by atoms with van der Waals surface area (Å²) in [6.07, 6.45) is -0.515. The van der Waals surface area contributed by atoms with Crippen LogP contribution in [0.4, 0.5) is 5.13 Å². The van der Waals surface area contributed by atoms with Gasteiger partial charge in [0.1, 0.15) is 0 Å². The highest BCUT2D eigenvalue weighted by atomic mass is 32.2. The molecule has 0 fully saturated rings. The zero-order valence-corrected chi connectivity index (χ0v) is 15.8. The lowest BCUT2D eigenvalue weighted by atomic mass is 9.98. The molecule has 8 heteroatoms. The number of nitrogens with one attached hydrogen (secondary N) is 1. The van der Waals surface area contributed by atoms with Crippen LogP contribution in [-0.2, 0) is 21.7 Å². The number of nitrogens with zero attached hydrogens (tertiary/aromatic N) is 2. The number of esters is 1. The van der Waals surface area contributed by atoms with Crippen LogP contribution in [0.1, 0.15) is 21.5 Å². The lowest BCUT2D eigenvalue weighted by Crippen LogP contribution is -2.37. The molecule has 0 radical (unpaired) electrons. The maximum atomic E-state index is 12.5. The molecule has 0 spiro atoms. The zero-order valence-electron chi connectivity index (χ0n) is 14.1. The van der Waals surface area contributed by atoms with E-state index < -0.39 is 18.0 Å². The van der Waals surface area contributed by atoms with E-state index in [-0.39, 0.29) is 0 Å². The highest BCUT2D eigenvalue weighted by Gasteiger charge is 2.31. The summed E-state index contributed by atoms with van der Waals surface area (Å²) in [6, 6.07) is 17.2.